The molecule has 1 saturated heterocycles. The molecule has 0 amide bonds. The standard InChI is InChI=1S/C13H28N2/c1-2-3-4-5-6-7-10-15-11-8-9-13(14)12-15/h13H,2-12,14H2,1H3. The lowest BCUT2D eigenvalue weighted by molar-refractivity contribution is 0.205. The number of nitrogens with two attached hydrogens (primary N) is 1. The molecule has 1 aliphatic heterocycles. The highest BCUT2D eigenvalue weighted by molar-refractivity contribution is 4.74. The summed E-state index contributed by atoms with van der Waals surface area (Å²) < 4.78 is 0. The predicted octanol–water partition coefficient (Wildman–Crippen LogP) is 2.77. The van der Waals surface area contributed by atoms with Crippen molar-refractivity contribution in [1.29, 1.82) is 0 Å². The second-order valence-corrected chi connectivity index (χ2v) is 4.97. The van der Waals surface area contributed by atoms with Crippen LogP contribution >= 0.6 is 0 Å². The largest absolute Gasteiger partial charge is 0.327 e. The predicted molar refractivity (Wildman–Crippen MR) is 67.0 cm³/mol. The van der Waals surface area contributed by atoms with E-state index < -0.39 is 0 Å². The van der Waals surface area contributed by atoms with Gasteiger partial charge in [-0.2, -0.15) is 0 Å². The van der Waals surface area contributed by atoms with Gasteiger partial charge >= 0.3 is 0 Å². The highest BCUT2D eigenvalue weighted by Crippen LogP contribution is 2.10. The zero-order valence-corrected chi connectivity index (χ0v) is 10.4. The molecule has 15 heavy (non-hydrogen) atoms. The lowest BCUT2D eigenvalue weighted by Crippen LogP contribution is -2.43. The number of nitrogens with zero attached hydrogens (tertiary/aromatic N) is 1. The fraction of sp³-hybridized carbons (Fsp3) is 1.00. The Labute approximate surface area is 95.2 Å². The molecule has 1 fully saturated rings. The third kappa shape index (κ3) is 6.16. The molecule has 1 rings (SSSR count). The maximum Gasteiger partial charge on any atom is 0.0168 e. The van der Waals surface area contributed by atoms with E-state index in [2.05, 4.69) is 11.8 Å². The molecule has 2 nitrogen and oxygen atoms in total. The maximum absolute atomic E-state index is 5.95. The van der Waals surface area contributed by atoms with Crippen LogP contribution in [0.15, 0.2) is 0 Å². The van der Waals surface area contributed by atoms with E-state index >= 15 is 0 Å². The molecule has 0 spiro atoms. The van der Waals surface area contributed by atoms with Gasteiger partial charge in [-0.15, -0.1) is 0 Å². The van der Waals surface area contributed by atoms with Gasteiger partial charge in [0.05, 0.1) is 0 Å². The van der Waals surface area contributed by atoms with Gasteiger partial charge < -0.3 is 10.6 Å². The van der Waals surface area contributed by atoms with Crippen LogP contribution in [0.5, 0.6) is 0 Å². The van der Waals surface area contributed by atoms with Crippen LogP contribution in [0, 0.1) is 0 Å². The van der Waals surface area contributed by atoms with Crippen LogP contribution in [-0.4, -0.2) is 30.6 Å². The smallest absolute Gasteiger partial charge is 0.0168 e. The molecule has 0 aromatic heterocycles. The van der Waals surface area contributed by atoms with Gasteiger partial charge in [-0.3, -0.25) is 0 Å². The molecule has 2 N–H and O–H groups in total. The summed E-state index contributed by atoms with van der Waals surface area (Å²) in [5, 5.41) is 0. The van der Waals surface area contributed by atoms with Crippen LogP contribution in [0.25, 0.3) is 0 Å². The zero-order valence-electron chi connectivity index (χ0n) is 10.4. The molecule has 0 aliphatic carbocycles. The molecular weight excluding hydrogens is 184 g/mol. The van der Waals surface area contributed by atoms with E-state index in [1.54, 1.807) is 0 Å². The molecule has 1 aliphatic rings. The molecular formula is C13H28N2. The van der Waals surface area contributed by atoms with E-state index in [1.807, 2.05) is 0 Å². The van der Waals surface area contributed by atoms with Gasteiger partial charge in [-0.05, 0) is 32.4 Å². The summed E-state index contributed by atoms with van der Waals surface area (Å²) in [5.41, 5.74) is 5.95. The van der Waals surface area contributed by atoms with Crippen molar-refractivity contribution in [3.05, 3.63) is 0 Å². The Morgan fingerprint density at radius 2 is 1.87 bits per heavy atom. The Balaban J connectivity index is 1.90. The van der Waals surface area contributed by atoms with Crippen LogP contribution in [0.2, 0.25) is 0 Å². The lowest BCUT2D eigenvalue weighted by Gasteiger charge is -2.30. The number of hydrogen-bond acceptors (Lipinski definition) is 2. The number of hydrogen-bond donors (Lipinski definition) is 1. The van der Waals surface area contributed by atoms with E-state index in [0.717, 1.165) is 6.54 Å². The van der Waals surface area contributed by atoms with Crippen LogP contribution in [0.4, 0.5) is 0 Å². The van der Waals surface area contributed by atoms with Crippen LogP contribution in [-0.2, 0) is 0 Å². The fourth-order valence-electron chi connectivity index (χ4n) is 2.41. The van der Waals surface area contributed by atoms with E-state index in [1.165, 1.54) is 64.5 Å². The minimum Gasteiger partial charge on any atom is -0.327 e. The minimum absolute atomic E-state index is 0.443. The van der Waals surface area contributed by atoms with E-state index in [0.29, 0.717) is 6.04 Å². The summed E-state index contributed by atoms with van der Waals surface area (Å²) in [6, 6.07) is 0.443. The third-order valence-electron chi connectivity index (χ3n) is 3.37. The van der Waals surface area contributed by atoms with E-state index in [9.17, 15) is 0 Å². The summed E-state index contributed by atoms with van der Waals surface area (Å²) in [5.74, 6) is 0. The molecule has 2 heteroatoms. The van der Waals surface area contributed by atoms with Gasteiger partial charge in [0.2, 0.25) is 0 Å². The molecule has 90 valence electrons. The Morgan fingerprint density at radius 1 is 1.13 bits per heavy atom. The van der Waals surface area contributed by atoms with Crippen LogP contribution in [0.1, 0.15) is 58.3 Å². The minimum atomic E-state index is 0.443. The summed E-state index contributed by atoms with van der Waals surface area (Å²) in [7, 11) is 0. The van der Waals surface area contributed by atoms with Gasteiger partial charge in [0.25, 0.3) is 0 Å². The Kier molecular flexibility index (Phi) is 7.03. The molecule has 0 aromatic rings. The first-order valence-corrected chi connectivity index (χ1v) is 6.81. The Bertz CT molecular complexity index is 147. The van der Waals surface area contributed by atoms with Crippen molar-refractivity contribution in [2.75, 3.05) is 19.6 Å². The van der Waals surface area contributed by atoms with Crippen molar-refractivity contribution in [3.63, 3.8) is 0 Å². The summed E-state index contributed by atoms with van der Waals surface area (Å²) in [6.45, 7) is 5.96. The highest BCUT2D eigenvalue weighted by atomic mass is 15.1. The number of piperidine rings is 1. The maximum atomic E-state index is 5.95. The quantitative estimate of drug-likeness (QED) is 0.658. The summed E-state index contributed by atoms with van der Waals surface area (Å²) in [6.07, 6.45) is 10.9. The van der Waals surface area contributed by atoms with Gasteiger partial charge in [0.1, 0.15) is 0 Å². The van der Waals surface area contributed by atoms with E-state index in [-0.39, 0.29) is 0 Å². The molecule has 0 aromatic carbocycles. The van der Waals surface area contributed by atoms with Gasteiger partial charge in [-0.25, -0.2) is 0 Å². The second kappa shape index (κ2) is 8.12. The molecule has 1 unspecified atom stereocenters. The highest BCUT2D eigenvalue weighted by Gasteiger charge is 2.15. The normalized spacial score (nSPS) is 23.2. The topological polar surface area (TPSA) is 29.3 Å². The Hall–Kier alpha value is -0.0800. The molecule has 0 radical (unpaired) electrons. The van der Waals surface area contributed by atoms with Crippen molar-refractivity contribution in [1.82, 2.24) is 4.90 Å². The number of rotatable bonds is 7. The molecule has 0 saturated carbocycles. The fourth-order valence-corrected chi connectivity index (χ4v) is 2.41. The zero-order chi connectivity index (χ0) is 10.9. The van der Waals surface area contributed by atoms with Gasteiger partial charge in [0, 0.05) is 12.6 Å². The van der Waals surface area contributed by atoms with Crippen molar-refractivity contribution in [3.8, 4) is 0 Å². The summed E-state index contributed by atoms with van der Waals surface area (Å²) in [4.78, 5) is 2.55. The van der Waals surface area contributed by atoms with Crippen molar-refractivity contribution in [2.24, 2.45) is 5.73 Å². The van der Waals surface area contributed by atoms with Crippen LogP contribution < -0.4 is 5.73 Å². The first kappa shape index (κ1) is 13.0. The first-order chi connectivity index (χ1) is 7.33. The summed E-state index contributed by atoms with van der Waals surface area (Å²) >= 11 is 0. The number of likely N-dealkylation sites (tertiary alicyclic amines) is 1. The first-order valence-electron chi connectivity index (χ1n) is 6.81. The molecule has 1 atom stereocenters. The lowest BCUT2D eigenvalue weighted by atomic mass is 10.1. The monoisotopic (exact) mass is 212 g/mol. The molecule has 1 heterocycles. The molecule has 0 bridgehead atoms. The SMILES string of the molecule is CCCCCCCCN1CCCC(N)C1. The van der Waals surface area contributed by atoms with Gasteiger partial charge in [0.15, 0.2) is 0 Å². The average Bonchev–Trinajstić information content (AvgIpc) is 2.23. The van der Waals surface area contributed by atoms with Crippen LogP contribution in [0.3, 0.4) is 0 Å². The van der Waals surface area contributed by atoms with E-state index in [4.69, 9.17) is 5.73 Å². The Morgan fingerprint density at radius 3 is 2.60 bits per heavy atom. The second-order valence-electron chi connectivity index (χ2n) is 4.97. The van der Waals surface area contributed by atoms with Crippen molar-refractivity contribution >= 4 is 0 Å². The van der Waals surface area contributed by atoms with Crippen molar-refractivity contribution in [2.45, 2.75) is 64.3 Å². The van der Waals surface area contributed by atoms with Gasteiger partial charge in [-0.1, -0.05) is 39.0 Å². The third-order valence-corrected chi connectivity index (χ3v) is 3.37. The average molecular weight is 212 g/mol. The number of unbranched alkanes of at least 4 members (excludes halogenated alkanes) is 5. The van der Waals surface area contributed by atoms with Crippen molar-refractivity contribution < 1.29 is 0 Å².